The maximum Gasteiger partial charge on any atom is 0.345 e. The van der Waals surface area contributed by atoms with Crippen molar-refractivity contribution in [3.05, 3.63) is 121 Å². The minimum absolute atomic E-state index is 0.165. The van der Waals surface area contributed by atoms with E-state index in [4.69, 9.17) is 0 Å². The summed E-state index contributed by atoms with van der Waals surface area (Å²) in [4.78, 5) is 89.1. The number of hydrogen-bond donors (Lipinski definition) is 0. The Morgan fingerprint density at radius 2 is 0.765 bits per heavy atom. The fraction of sp³-hybridized carbons (Fsp3) is 0.385. The zero-order valence-electron chi connectivity index (χ0n) is 29.2. The average Bonchev–Trinajstić information content (AvgIpc) is 3.14. The summed E-state index contributed by atoms with van der Waals surface area (Å²) in [5.74, 6) is 0. The molecule has 0 amide bonds. The zero-order valence-corrected chi connectivity index (χ0v) is 29.2. The van der Waals surface area contributed by atoms with Crippen LogP contribution in [0.1, 0.15) is 113 Å². The van der Waals surface area contributed by atoms with Crippen LogP contribution in [0.2, 0.25) is 0 Å². The molecule has 12 nitrogen and oxygen atoms in total. The van der Waals surface area contributed by atoms with E-state index in [1.54, 1.807) is 91.0 Å². The molecule has 0 fully saturated rings. The molecule has 0 aliphatic heterocycles. The van der Waals surface area contributed by atoms with E-state index in [2.05, 4.69) is 15.0 Å². The molecule has 12 heteroatoms. The Kier molecular flexibility index (Phi) is 14.0. The van der Waals surface area contributed by atoms with E-state index in [1.807, 2.05) is 20.8 Å². The number of rotatable bonds is 18. The molecule has 0 aliphatic rings. The molecule has 4 rings (SSSR count). The summed E-state index contributed by atoms with van der Waals surface area (Å²) in [5, 5.41) is 0. The van der Waals surface area contributed by atoms with Crippen molar-refractivity contribution in [2.75, 3.05) is 0 Å². The standard InChI is InChI=1S/C39H42N6O6/c1-4-7-19-34(40-25-46)28-13-10-16-31(22-28)43-37(49)44(32-17-11-14-29(23-32)35(41-26-47)20-8-5-2)39(51)45(38(43)50)33-18-12-15-30(24-33)36(42-27-48)21-9-6-3/h10-18,22-24,34-36H,4-9,19-21H2,1-3H3. The molecule has 0 spiro atoms. The van der Waals surface area contributed by atoms with Crippen molar-refractivity contribution in [2.24, 2.45) is 15.0 Å². The van der Waals surface area contributed by atoms with Crippen LogP contribution in [0.15, 0.2) is 102 Å². The topological polar surface area (TPSA) is 154 Å². The molecule has 3 aromatic carbocycles. The minimum atomic E-state index is -0.925. The SMILES string of the molecule is CCCCC(N=C=O)c1cccc(-n2c(=O)n(-c3cccc(C(CCCC)N=C=O)c3)c(=O)n(-c3cccc(C(CCCC)N=C=O)c3)c2=O)c1. The Morgan fingerprint density at radius 3 is 1.00 bits per heavy atom. The van der Waals surface area contributed by atoms with Gasteiger partial charge in [0.2, 0.25) is 18.2 Å². The number of unbranched alkanes of at least 4 members (excludes halogenated alkanes) is 3. The number of aromatic nitrogens is 3. The van der Waals surface area contributed by atoms with Crippen LogP contribution in [0.25, 0.3) is 17.1 Å². The average molecular weight is 691 g/mol. The normalized spacial score (nSPS) is 12.5. The third-order valence-corrected chi connectivity index (χ3v) is 8.81. The van der Waals surface area contributed by atoms with Gasteiger partial charge in [0.15, 0.2) is 0 Å². The number of aliphatic imine (C=N–C) groups is 3. The second-order valence-corrected chi connectivity index (χ2v) is 12.3. The Hall–Kier alpha value is -5.79. The number of benzene rings is 3. The van der Waals surface area contributed by atoms with Crippen LogP contribution >= 0.6 is 0 Å². The van der Waals surface area contributed by atoms with Crippen molar-refractivity contribution in [1.29, 1.82) is 0 Å². The van der Waals surface area contributed by atoms with Gasteiger partial charge in [0.1, 0.15) is 0 Å². The Labute approximate surface area is 295 Å². The van der Waals surface area contributed by atoms with E-state index in [0.29, 0.717) is 36.0 Å². The van der Waals surface area contributed by atoms with Gasteiger partial charge in [-0.1, -0.05) is 95.7 Å². The number of isocyanates is 3. The smallest absolute Gasteiger partial charge is 0.246 e. The lowest BCUT2D eigenvalue weighted by atomic mass is 10.0. The molecule has 51 heavy (non-hydrogen) atoms. The van der Waals surface area contributed by atoms with E-state index in [9.17, 15) is 28.8 Å². The van der Waals surface area contributed by atoms with Crippen LogP contribution in [0, 0.1) is 0 Å². The van der Waals surface area contributed by atoms with Crippen LogP contribution in [0.4, 0.5) is 0 Å². The fourth-order valence-electron chi connectivity index (χ4n) is 6.12. The molecule has 3 atom stereocenters. The van der Waals surface area contributed by atoms with Gasteiger partial charge in [-0.25, -0.2) is 42.5 Å². The predicted octanol–water partition coefficient (Wildman–Crippen LogP) is 6.84. The van der Waals surface area contributed by atoms with Gasteiger partial charge >= 0.3 is 17.1 Å². The van der Waals surface area contributed by atoms with Crippen molar-refractivity contribution >= 4 is 18.2 Å². The molecule has 4 aromatic rings. The summed E-state index contributed by atoms with van der Waals surface area (Å²) in [5.41, 5.74) is -0.490. The maximum absolute atomic E-state index is 14.4. The van der Waals surface area contributed by atoms with Gasteiger partial charge < -0.3 is 0 Å². The van der Waals surface area contributed by atoms with Crippen LogP contribution in [-0.4, -0.2) is 31.9 Å². The summed E-state index contributed by atoms with van der Waals surface area (Å²) in [7, 11) is 0. The molecule has 0 bridgehead atoms. The van der Waals surface area contributed by atoms with E-state index >= 15 is 0 Å². The first-order valence-corrected chi connectivity index (χ1v) is 17.4. The Bertz CT molecular complexity index is 1880. The summed E-state index contributed by atoms with van der Waals surface area (Å²) in [6, 6.07) is 18.1. The lowest BCUT2D eigenvalue weighted by Gasteiger charge is -2.18. The number of carbonyl (C=O) groups excluding carboxylic acids is 3. The van der Waals surface area contributed by atoms with E-state index in [1.165, 1.54) is 0 Å². The highest BCUT2D eigenvalue weighted by Crippen LogP contribution is 2.27. The van der Waals surface area contributed by atoms with Gasteiger partial charge in [-0.05, 0) is 72.4 Å². The summed E-state index contributed by atoms with van der Waals surface area (Å²) in [6.45, 7) is 6.05. The van der Waals surface area contributed by atoms with Gasteiger partial charge in [0.25, 0.3) is 0 Å². The highest BCUT2D eigenvalue weighted by Gasteiger charge is 2.22. The summed E-state index contributed by atoms with van der Waals surface area (Å²) in [6.07, 6.45) is 11.5. The van der Waals surface area contributed by atoms with Gasteiger partial charge in [0, 0.05) is 0 Å². The first kappa shape index (κ1) is 38.0. The monoisotopic (exact) mass is 690 g/mol. The Balaban J connectivity index is 2.06. The molecule has 0 N–H and O–H groups in total. The van der Waals surface area contributed by atoms with Crippen molar-refractivity contribution in [1.82, 2.24) is 13.7 Å². The zero-order chi connectivity index (χ0) is 36.8. The highest BCUT2D eigenvalue weighted by molar-refractivity contribution is 5.44. The molecule has 1 aromatic heterocycles. The summed E-state index contributed by atoms with van der Waals surface area (Å²) < 4.78 is 2.71. The number of nitrogens with zero attached hydrogens (tertiary/aromatic N) is 6. The maximum atomic E-state index is 14.4. The van der Waals surface area contributed by atoms with Gasteiger partial charge in [-0.3, -0.25) is 0 Å². The van der Waals surface area contributed by atoms with Gasteiger partial charge in [-0.15, -0.1) is 0 Å². The van der Waals surface area contributed by atoms with Crippen LogP contribution in [-0.2, 0) is 14.4 Å². The minimum Gasteiger partial charge on any atom is -0.246 e. The van der Waals surface area contributed by atoms with Gasteiger partial charge in [0.05, 0.1) is 35.2 Å². The first-order chi connectivity index (χ1) is 24.8. The highest BCUT2D eigenvalue weighted by atomic mass is 16.2. The molecule has 0 saturated heterocycles. The van der Waals surface area contributed by atoms with Crippen LogP contribution in [0.5, 0.6) is 0 Å². The third kappa shape index (κ3) is 9.07. The first-order valence-electron chi connectivity index (χ1n) is 17.4. The van der Waals surface area contributed by atoms with E-state index in [-0.39, 0.29) is 17.1 Å². The van der Waals surface area contributed by atoms with Crippen molar-refractivity contribution in [3.8, 4) is 17.1 Å². The molecule has 264 valence electrons. The number of hydrogen-bond acceptors (Lipinski definition) is 9. The molecule has 0 aliphatic carbocycles. The lowest BCUT2D eigenvalue weighted by Crippen LogP contribution is -2.52. The quantitative estimate of drug-likeness (QED) is 0.0823. The van der Waals surface area contributed by atoms with E-state index < -0.39 is 35.2 Å². The lowest BCUT2D eigenvalue weighted by molar-refractivity contribution is 0.547. The molecule has 3 unspecified atom stereocenters. The summed E-state index contributed by atoms with van der Waals surface area (Å²) >= 11 is 0. The van der Waals surface area contributed by atoms with Crippen LogP contribution < -0.4 is 17.1 Å². The predicted molar refractivity (Wildman–Crippen MR) is 194 cm³/mol. The molecule has 1 heterocycles. The molecule has 0 radical (unpaired) electrons. The van der Waals surface area contributed by atoms with Crippen LogP contribution in [0.3, 0.4) is 0 Å². The second-order valence-electron chi connectivity index (χ2n) is 12.3. The third-order valence-electron chi connectivity index (χ3n) is 8.81. The van der Waals surface area contributed by atoms with Crippen molar-refractivity contribution < 1.29 is 14.4 Å². The van der Waals surface area contributed by atoms with Crippen molar-refractivity contribution in [2.45, 2.75) is 96.7 Å². The second kappa shape index (κ2) is 18.8. The molecular weight excluding hydrogens is 648 g/mol. The van der Waals surface area contributed by atoms with Gasteiger partial charge in [-0.2, -0.15) is 15.0 Å². The largest absolute Gasteiger partial charge is 0.345 e. The molecular formula is C39H42N6O6. The fourth-order valence-corrected chi connectivity index (χ4v) is 6.12. The van der Waals surface area contributed by atoms with Crippen molar-refractivity contribution in [3.63, 3.8) is 0 Å². The van der Waals surface area contributed by atoms with E-state index in [0.717, 1.165) is 52.2 Å². The Morgan fingerprint density at radius 1 is 0.490 bits per heavy atom. The molecule has 0 saturated carbocycles.